The number of methoxy groups -OCH3 is 1. The molecule has 2 amide bonds. The number of amides is 2. The highest BCUT2D eigenvalue weighted by molar-refractivity contribution is 5.74. The summed E-state index contributed by atoms with van der Waals surface area (Å²) in [4.78, 5) is 16.8. The van der Waals surface area contributed by atoms with Crippen molar-refractivity contribution >= 4 is 6.03 Å². The summed E-state index contributed by atoms with van der Waals surface area (Å²) in [6.45, 7) is 5.86. The summed E-state index contributed by atoms with van der Waals surface area (Å²) in [5.74, 6) is 0.787. The average Bonchev–Trinajstić information content (AvgIpc) is 2.74. The highest BCUT2D eigenvalue weighted by Gasteiger charge is 2.23. The fraction of sp³-hybridized carbons (Fsp3) is 0.409. The number of piperazine rings is 1. The summed E-state index contributed by atoms with van der Waals surface area (Å²) in [5, 5.41) is 12.6. The first-order valence-electron chi connectivity index (χ1n) is 9.70. The molecule has 150 valence electrons. The summed E-state index contributed by atoms with van der Waals surface area (Å²) >= 11 is 0. The lowest BCUT2D eigenvalue weighted by Gasteiger charge is -2.35. The Bertz CT molecular complexity index is 788. The standard InChI is InChI=1S/C22H29N3O3/c1-17(18-8-5-9-21(14-18)28-2)23-22(27)25-12-10-24(11-13-25)15-19-6-3-4-7-20(19)16-26/h3-9,14,17,26H,10-13,15-16H2,1-2H3,(H,23,27)/t17-/m0/s1. The van der Waals surface area contributed by atoms with Gasteiger partial charge in [0.05, 0.1) is 19.8 Å². The molecule has 0 saturated carbocycles. The van der Waals surface area contributed by atoms with E-state index < -0.39 is 0 Å². The van der Waals surface area contributed by atoms with Gasteiger partial charge in [0, 0.05) is 32.7 Å². The Labute approximate surface area is 166 Å². The molecular formula is C22H29N3O3. The van der Waals surface area contributed by atoms with Crippen molar-refractivity contribution in [2.75, 3.05) is 33.3 Å². The van der Waals surface area contributed by atoms with Gasteiger partial charge in [-0.1, -0.05) is 36.4 Å². The molecule has 0 radical (unpaired) electrons. The van der Waals surface area contributed by atoms with Crippen LogP contribution in [0, 0.1) is 0 Å². The lowest BCUT2D eigenvalue weighted by atomic mass is 10.1. The van der Waals surface area contributed by atoms with Crippen molar-refractivity contribution in [2.24, 2.45) is 0 Å². The Morgan fingerprint density at radius 1 is 1.11 bits per heavy atom. The Balaban J connectivity index is 1.50. The number of nitrogens with one attached hydrogen (secondary N) is 1. The van der Waals surface area contributed by atoms with Gasteiger partial charge in [-0.15, -0.1) is 0 Å². The molecule has 1 atom stereocenters. The van der Waals surface area contributed by atoms with E-state index in [9.17, 15) is 9.90 Å². The molecule has 1 saturated heterocycles. The Hall–Kier alpha value is -2.57. The molecule has 0 aromatic heterocycles. The fourth-order valence-electron chi connectivity index (χ4n) is 3.49. The molecule has 6 nitrogen and oxygen atoms in total. The number of carbonyl (C=O) groups is 1. The number of hydrogen-bond acceptors (Lipinski definition) is 4. The van der Waals surface area contributed by atoms with Gasteiger partial charge in [0.25, 0.3) is 0 Å². The first-order valence-corrected chi connectivity index (χ1v) is 9.70. The van der Waals surface area contributed by atoms with E-state index in [1.165, 1.54) is 0 Å². The van der Waals surface area contributed by atoms with Gasteiger partial charge in [-0.25, -0.2) is 4.79 Å². The number of urea groups is 1. The van der Waals surface area contributed by atoms with Crippen molar-refractivity contribution in [3.63, 3.8) is 0 Å². The summed E-state index contributed by atoms with van der Waals surface area (Å²) in [7, 11) is 1.64. The van der Waals surface area contributed by atoms with E-state index in [2.05, 4.69) is 16.3 Å². The molecule has 28 heavy (non-hydrogen) atoms. The van der Waals surface area contributed by atoms with E-state index >= 15 is 0 Å². The van der Waals surface area contributed by atoms with Crippen molar-refractivity contribution < 1.29 is 14.6 Å². The molecule has 6 heteroatoms. The molecule has 1 fully saturated rings. The lowest BCUT2D eigenvalue weighted by Crippen LogP contribution is -2.51. The lowest BCUT2D eigenvalue weighted by molar-refractivity contribution is 0.133. The van der Waals surface area contributed by atoms with Gasteiger partial charge in [0.15, 0.2) is 0 Å². The second-order valence-corrected chi connectivity index (χ2v) is 7.14. The normalized spacial score (nSPS) is 15.9. The number of rotatable bonds is 6. The third-order valence-electron chi connectivity index (χ3n) is 5.28. The van der Waals surface area contributed by atoms with Crippen molar-refractivity contribution in [3.8, 4) is 5.75 Å². The maximum absolute atomic E-state index is 12.6. The van der Waals surface area contributed by atoms with E-state index in [0.29, 0.717) is 13.1 Å². The average molecular weight is 383 g/mol. The van der Waals surface area contributed by atoms with Gasteiger partial charge >= 0.3 is 6.03 Å². The van der Waals surface area contributed by atoms with Crippen LogP contribution in [0.2, 0.25) is 0 Å². The molecule has 3 rings (SSSR count). The minimum Gasteiger partial charge on any atom is -0.497 e. The third-order valence-corrected chi connectivity index (χ3v) is 5.28. The number of ether oxygens (including phenoxy) is 1. The second-order valence-electron chi connectivity index (χ2n) is 7.14. The topological polar surface area (TPSA) is 65.0 Å². The van der Waals surface area contributed by atoms with Gasteiger partial charge in [0.2, 0.25) is 0 Å². The van der Waals surface area contributed by atoms with Crippen molar-refractivity contribution in [1.29, 1.82) is 0 Å². The zero-order valence-electron chi connectivity index (χ0n) is 16.6. The molecule has 0 aliphatic carbocycles. The van der Waals surface area contributed by atoms with Gasteiger partial charge in [-0.05, 0) is 35.7 Å². The summed E-state index contributed by atoms with van der Waals surface area (Å²) in [6.07, 6.45) is 0. The molecule has 0 spiro atoms. The molecule has 2 N–H and O–H groups in total. The SMILES string of the molecule is COc1cccc([C@H](C)NC(=O)N2CCN(Cc3ccccc3CO)CC2)c1. The maximum Gasteiger partial charge on any atom is 0.317 e. The number of aliphatic hydroxyl groups excluding tert-OH is 1. The first kappa shape index (κ1) is 20.2. The van der Waals surface area contributed by atoms with Gasteiger partial charge in [-0.2, -0.15) is 0 Å². The van der Waals surface area contributed by atoms with E-state index in [1.807, 2.05) is 54.3 Å². The van der Waals surface area contributed by atoms with E-state index in [-0.39, 0.29) is 18.7 Å². The van der Waals surface area contributed by atoms with Crippen LogP contribution in [0.1, 0.15) is 29.7 Å². The van der Waals surface area contributed by atoms with Crippen LogP contribution in [0.25, 0.3) is 0 Å². The van der Waals surface area contributed by atoms with Crippen LogP contribution in [0.3, 0.4) is 0 Å². The molecule has 2 aromatic rings. The third kappa shape index (κ3) is 5.03. The Morgan fingerprint density at radius 3 is 2.50 bits per heavy atom. The van der Waals surface area contributed by atoms with Crippen molar-refractivity contribution in [3.05, 3.63) is 65.2 Å². The second kappa shape index (κ2) is 9.57. The van der Waals surface area contributed by atoms with E-state index in [0.717, 1.165) is 42.1 Å². The highest BCUT2D eigenvalue weighted by atomic mass is 16.5. The summed E-state index contributed by atoms with van der Waals surface area (Å²) in [5.41, 5.74) is 3.14. The van der Waals surface area contributed by atoms with Crippen LogP contribution in [-0.4, -0.2) is 54.2 Å². The maximum atomic E-state index is 12.6. The van der Waals surface area contributed by atoms with Crippen LogP contribution < -0.4 is 10.1 Å². The molecular weight excluding hydrogens is 354 g/mol. The molecule has 1 heterocycles. The Kier molecular flexibility index (Phi) is 6.90. The molecule has 0 unspecified atom stereocenters. The zero-order valence-corrected chi connectivity index (χ0v) is 16.6. The van der Waals surface area contributed by atoms with E-state index in [1.54, 1.807) is 7.11 Å². The van der Waals surface area contributed by atoms with Crippen LogP contribution in [0.15, 0.2) is 48.5 Å². The van der Waals surface area contributed by atoms with Gasteiger partial charge < -0.3 is 20.1 Å². The minimum absolute atomic E-state index is 0.0364. The number of hydrogen-bond donors (Lipinski definition) is 2. The number of carbonyl (C=O) groups excluding carboxylic acids is 1. The number of nitrogens with zero attached hydrogens (tertiary/aromatic N) is 2. The Morgan fingerprint density at radius 2 is 1.82 bits per heavy atom. The monoisotopic (exact) mass is 383 g/mol. The molecule has 1 aliphatic rings. The summed E-state index contributed by atoms with van der Waals surface area (Å²) < 4.78 is 5.26. The fourth-order valence-corrected chi connectivity index (χ4v) is 3.49. The van der Waals surface area contributed by atoms with Crippen LogP contribution in [-0.2, 0) is 13.2 Å². The smallest absolute Gasteiger partial charge is 0.317 e. The van der Waals surface area contributed by atoms with Crippen LogP contribution in [0.4, 0.5) is 4.79 Å². The molecule has 0 bridgehead atoms. The zero-order chi connectivity index (χ0) is 19.9. The highest BCUT2D eigenvalue weighted by Crippen LogP contribution is 2.19. The van der Waals surface area contributed by atoms with Crippen molar-refractivity contribution in [1.82, 2.24) is 15.1 Å². The van der Waals surface area contributed by atoms with Gasteiger partial charge in [-0.3, -0.25) is 4.90 Å². The first-order chi connectivity index (χ1) is 13.6. The van der Waals surface area contributed by atoms with E-state index in [4.69, 9.17) is 4.74 Å². The minimum atomic E-state index is -0.0861. The van der Waals surface area contributed by atoms with Crippen LogP contribution >= 0.6 is 0 Å². The predicted molar refractivity (Wildman–Crippen MR) is 109 cm³/mol. The molecule has 1 aliphatic heterocycles. The summed E-state index contributed by atoms with van der Waals surface area (Å²) in [6, 6.07) is 15.6. The largest absolute Gasteiger partial charge is 0.497 e. The predicted octanol–water partition coefficient (Wildman–Crippen LogP) is 2.78. The number of aliphatic hydroxyl groups is 1. The molecule has 2 aromatic carbocycles. The van der Waals surface area contributed by atoms with Crippen LogP contribution in [0.5, 0.6) is 5.75 Å². The van der Waals surface area contributed by atoms with Gasteiger partial charge in [0.1, 0.15) is 5.75 Å². The van der Waals surface area contributed by atoms with Crippen molar-refractivity contribution in [2.45, 2.75) is 26.1 Å². The quantitative estimate of drug-likeness (QED) is 0.805. The number of benzene rings is 2.